The van der Waals surface area contributed by atoms with E-state index in [0.717, 1.165) is 35.4 Å². The van der Waals surface area contributed by atoms with E-state index < -0.39 is 11.9 Å². The smallest absolute Gasteiger partial charge is 0.327 e. The fourth-order valence-electron chi connectivity index (χ4n) is 2.73. The predicted octanol–water partition coefficient (Wildman–Crippen LogP) is 2.70. The van der Waals surface area contributed by atoms with Gasteiger partial charge in [-0.2, -0.15) is 5.26 Å². The Morgan fingerprint density at radius 1 is 1.42 bits per heavy atom. The summed E-state index contributed by atoms with van der Waals surface area (Å²) in [6.07, 6.45) is 5.04. The van der Waals surface area contributed by atoms with Gasteiger partial charge in [-0.15, -0.1) is 0 Å². The first-order valence-electron chi connectivity index (χ1n) is 8.61. The van der Waals surface area contributed by atoms with E-state index >= 15 is 0 Å². The number of methoxy groups -OCH3 is 2. The summed E-state index contributed by atoms with van der Waals surface area (Å²) in [5.41, 5.74) is 2.92. The van der Waals surface area contributed by atoms with Crippen LogP contribution in [0.2, 0.25) is 0 Å². The van der Waals surface area contributed by atoms with Gasteiger partial charge in [-0.25, -0.2) is 0 Å². The molecule has 26 heavy (non-hydrogen) atoms. The molecule has 6 nitrogen and oxygen atoms in total. The van der Waals surface area contributed by atoms with Crippen molar-refractivity contribution in [2.75, 3.05) is 27.4 Å². The fourth-order valence-corrected chi connectivity index (χ4v) is 2.73. The maximum atomic E-state index is 12.0. The van der Waals surface area contributed by atoms with E-state index in [0.29, 0.717) is 6.61 Å². The highest BCUT2D eigenvalue weighted by atomic mass is 16.6. The Labute approximate surface area is 154 Å². The van der Waals surface area contributed by atoms with Crippen LogP contribution >= 0.6 is 0 Å². The normalized spacial score (nSPS) is 17.2. The predicted molar refractivity (Wildman–Crippen MR) is 98.4 cm³/mol. The van der Waals surface area contributed by atoms with Crippen LogP contribution in [0, 0.1) is 17.2 Å². The van der Waals surface area contributed by atoms with E-state index in [1.807, 2.05) is 24.3 Å². The van der Waals surface area contributed by atoms with Gasteiger partial charge in [0.1, 0.15) is 12.4 Å². The number of hydrogen-bond acceptors (Lipinski definition) is 6. The van der Waals surface area contributed by atoms with Crippen molar-refractivity contribution < 1.29 is 19.0 Å². The van der Waals surface area contributed by atoms with Gasteiger partial charge in [-0.1, -0.05) is 13.0 Å². The quantitative estimate of drug-likeness (QED) is 0.528. The van der Waals surface area contributed by atoms with E-state index in [9.17, 15) is 10.1 Å². The number of carbonyl (C=O) groups excluding carboxylic acids is 1. The summed E-state index contributed by atoms with van der Waals surface area (Å²) >= 11 is 0. The van der Waals surface area contributed by atoms with Crippen molar-refractivity contribution in [1.29, 1.82) is 5.26 Å². The molecule has 0 saturated carbocycles. The summed E-state index contributed by atoms with van der Waals surface area (Å²) in [7, 11) is 3.16. The Morgan fingerprint density at radius 3 is 2.88 bits per heavy atom. The number of hydrogen-bond donors (Lipinski definition) is 0. The summed E-state index contributed by atoms with van der Waals surface area (Å²) in [6.45, 7) is 2.52. The average molecular weight is 356 g/mol. The van der Waals surface area contributed by atoms with Crippen LogP contribution in [0.3, 0.4) is 0 Å². The minimum absolute atomic E-state index is 0.128. The van der Waals surface area contributed by atoms with E-state index in [2.05, 4.69) is 6.92 Å². The van der Waals surface area contributed by atoms with Gasteiger partial charge in [0.15, 0.2) is 5.92 Å². The maximum Gasteiger partial charge on any atom is 0.327 e. The van der Waals surface area contributed by atoms with Gasteiger partial charge in [0.25, 0.3) is 0 Å². The largest absolute Gasteiger partial charge is 0.497 e. The van der Waals surface area contributed by atoms with Crippen molar-refractivity contribution in [3.63, 3.8) is 0 Å². The first-order valence-corrected chi connectivity index (χ1v) is 8.61. The van der Waals surface area contributed by atoms with Gasteiger partial charge >= 0.3 is 5.97 Å². The van der Waals surface area contributed by atoms with Crippen LogP contribution in [0.1, 0.15) is 24.5 Å². The van der Waals surface area contributed by atoms with Crippen molar-refractivity contribution in [1.82, 2.24) is 0 Å². The van der Waals surface area contributed by atoms with Gasteiger partial charge in [-0.05, 0) is 42.7 Å². The van der Waals surface area contributed by atoms with E-state index in [-0.39, 0.29) is 12.6 Å². The number of nitrogens with zero attached hydrogens (tertiary/aromatic N) is 2. The lowest BCUT2D eigenvalue weighted by Gasteiger charge is -2.22. The second-order valence-electron chi connectivity index (χ2n) is 5.93. The highest BCUT2D eigenvalue weighted by Crippen LogP contribution is 2.26. The lowest BCUT2D eigenvalue weighted by atomic mass is 9.91. The summed E-state index contributed by atoms with van der Waals surface area (Å²) in [6, 6.07) is 7.99. The number of esters is 1. The Bertz CT molecular complexity index is 734. The number of rotatable bonds is 8. The first-order chi connectivity index (χ1) is 12.6. The molecule has 0 N–H and O–H groups in total. The average Bonchev–Trinajstić information content (AvgIpc) is 2.67. The minimum atomic E-state index is -0.974. The number of allylic oxidation sites excluding steroid dienone is 1. The number of ether oxygens (including phenoxy) is 3. The molecule has 1 aliphatic rings. The monoisotopic (exact) mass is 356 g/mol. The Balaban J connectivity index is 2.20. The molecule has 1 aromatic rings. The van der Waals surface area contributed by atoms with Crippen LogP contribution in [-0.4, -0.2) is 45.2 Å². The number of aliphatic imine (C=N–C) groups is 1. The van der Waals surface area contributed by atoms with E-state index in [1.165, 1.54) is 7.11 Å². The summed E-state index contributed by atoms with van der Waals surface area (Å²) < 4.78 is 15.2. The van der Waals surface area contributed by atoms with Crippen LogP contribution in [0.25, 0.3) is 0 Å². The molecule has 2 rings (SSSR count). The summed E-state index contributed by atoms with van der Waals surface area (Å²) in [5, 5.41) is 9.25. The van der Waals surface area contributed by atoms with Gasteiger partial charge in [0.2, 0.25) is 0 Å². The SMILES string of the molecule is CCC1Cc2cc(OC)ccc2C(C=CC(C#N)C(=O)OCCOC)=N1. The molecule has 0 radical (unpaired) electrons. The van der Waals surface area contributed by atoms with Crippen molar-refractivity contribution in [3.8, 4) is 11.8 Å². The lowest BCUT2D eigenvalue weighted by Crippen LogP contribution is -2.20. The molecule has 2 unspecified atom stereocenters. The maximum absolute atomic E-state index is 12.0. The third-order valence-electron chi connectivity index (χ3n) is 4.21. The molecule has 1 aliphatic heterocycles. The molecule has 0 bridgehead atoms. The zero-order valence-corrected chi connectivity index (χ0v) is 15.4. The molecule has 0 fully saturated rings. The third-order valence-corrected chi connectivity index (χ3v) is 4.21. The van der Waals surface area contributed by atoms with Gasteiger partial charge < -0.3 is 14.2 Å². The standard InChI is InChI=1S/C20H24N2O4/c1-4-16-11-15-12-17(25-3)6-7-18(15)19(22-16)8-5-14(13-21)20(23)26-10-9-24-2/h5-8,12,14,16H,4,9-11H2,1-3H3. The second kappa shape index (κ2) is 9.73. The molecule has 0 amide bonds. The van der Waals surface area contributed by atoms with Crippen molar-refractivity contribution in [2.45, 2.75) is 25.8 Å². The zero-order valence-electron chi connectivity index (χ0n) is 15.4. The molecule has 0 aromatic heterocycles. The van der Waals surface area contributed by atoms with E-state index in [4.69, 9.17) is 19.2 Å². The molecule has 0 spiro atoms. The van der Waals surface area contributed by atoms with Crippen LogP contribution < -0.4 is 4.74 Å². The van der Waals surface area contributed by atoms with Gasteiger partial charge in [0, 0.05) is 12.7 Å². The van der Waals surface area contributed by atoms with Crippen molar-refractivity contribution in [2.24, 2.45) is 10.9 Å². The fraction of sp³-hybridized carbons (Fsp3) is 0.450. The number of carbonyl (C=O) groups is 1. The van der Waals surface area contributed by atoms with Crippen LogP contribution in [-0.2, 0) is 20.7 Å². The van der Waals surface area contributed by atoms with E-state index in [1.54, 1.807) is 19.3 Å². The highest BCUT2D eigenvalue weighted by Gasteiger charge is 2.21. The molecule has 6 heteroatoms. The summed E-state index contributed by atoms with van der Waals surface area (Å²) in [4.78, 5) is 16.7. The Kier molecular flexibility index (Phi) is 7.37. The second-order valence-corrected chi connectivity index (χ2v) is 5.93. The highest BCUT2D eigenvalue weighted by molar-refractivity contribution is 6.10. The third kappa shape index (κ3) is 4.93. The topological polar surface area (TPSA) is 80.9 Å². The van der Waals surface area contributed by atoms with Gasteiger partial charge in [-0.3, -0.25) is 9.79 Å². The minimum Gasteiger partial charge on any atom is -0.497 e. The molecular weight excluding hydrogens is 332 g/mol. The van der Waals surface area contributed by atoms with Gasteiger partial charge in [0.05, 0.1) is 31.5 Å². The van der Waals surface area contributed by atoms with Crippen LogP contribution in [0.15, 0.2) is 35.3 Å². The van der Waals surface area contributed by atoms with Crippen molar-refractivity contribution in [3.05, 3.63) is 41.5 Å². The molecule has 138 valence electrons. The number of benzene rings is 1. The molecular formula is C20H24N2O4. The zero-order chi connectivity index (χ0) is 18.9. The number of fused-ring (bicyclic) bond motifs is 1. The molecule has 2 atom stereocenters. The molecule has 0 saturated heterocycles. The first kappa shape index (κ1) is 19.7. The molecule has 1 heterocycles. The molecule has 1 aromatic carbocycles. The lowest BCUT2D eigenvalue weighted by molar-refractivity contribution is -0.146. The molecule has 0 aliphatic carbocycles. The number of nitriles is 1. The Hall–Kier alpha value is -2.65. The van der Waals surface area contributed by atoms with Crippen LogP contribution in [0.4, 0.5) is 0 Å². The Morgan fingerprint density at radius 2 is 2.23 bits per heavy atom. The van der Waals surface area contributed by atoms with Crippen LogP contribution in [0.5, 0.6) is 5.75 Å². The summed E-state index contributed by atoms with van der Waals surface area (Å²) in [5.74, 6) is -0.752. The van der Waals surface area contributed by atoms with Crippen molar-refractivity contribution >= 4 is 11.7 Å².